The molecule has 0 bridgehead atoms. The highest BCUT2D eigenvalue weighted by Gasteiger charge is 2.17. The van der Waals surface area contributed by atoms with Gasteiger partial charge in [0.2, 0.25) is 5.91 Å². The molecule has 18 heavy (non-hydrogen) atoms. The number of aryl methyl sites for hydroxylation is 1. The van der Waals surface area contributed by atoms with Crippen molar-refractivity contribution in [3.8, 4) is 0 Å². The molecule has 1 heterocycles. The van der Waals surface area contributed by atoms with Gasteiger partial charge in [-0.1, -0.05) is 0 Å². The average molecular weight is 268 g/mol. The molecule has 1 amide bonds. The first kappa shape index (κ1) is 14.4. The van der Waals surface area contributed by atoms with Crippen LogP contribution in [-0.4, -0.2) is 33.9 Å². The van der Waals surface area contributed by atoms with Gasteiger partial charge in [0, 0.05) is 23.6 Å². The normalized spacial score (nSPS) is 12.0. The molecule has 1 rings (SSSR count). The molecule has 0 atom stereocenters. The molecule has 0 aliphatic carbocycles. The number of hydrogen-bond donors (Lipinski definition) is 1. The van der Waals surface area contributed by atoms with Crippen molar-refractivity contribution >= 4 is 23.2 Å². The Balaban J connectivity index is 2.79. The SMILES string of the molecule is CC(C(=O)O)=C(C)C(=O)N(C)Cc1csc(C)n1. The van der Waals surface area contributed by atoms with Gasteiger partial charge in [0.05, 0.1) is 17.2 Å². The van der Waals surface area contributed by atoms with E-state index in [4.69, 9.17) is 5.11 Å². The van der Waals surface area contributed by atoms with Crippen LogP contribution >= 0.6 is 11.3 Å². The van der Waals surface area contributed by atoms with Crippen LogP contribution in [0.1, 0.15) is 24.5 Å². The molecular formula is C12H16N2O3S. The van der Waals surface area contributed by atoms with E-state index in [0.29, 0.717) is 6.54 Å². The molecule has 6 heteroatoms. The minimum atomic E-state index is -1.07. The van der Waals surface area contributed by atoms with Gasteiger partial charge in [0.25, 0.3) is 0 Å². The van der Waals surface area contributed by atoms with Crippen LogP contribution in [0.2, 0.25) is 0 Å². The van der Waals surface area contributed by atoms with Gasteiger partial charge in [-0.25, -0.2) is 9.78 Å². The fourth-order valence-electron chi connectivity index (χ4n) is 1.40. The largest absolute Gasteiger partial charge is 0.478 e. The number of carboxylic acids is 1. The minimum Gasteiger partial charge on any atom is -0.478 e. The number of carbonyl (C=O) groups excluding carboxylic acids is 1. The molecule has 0 aliphatic rings. The lowest BCUT2D eigenvalue weighted by Crippen LogP contribution is -2.28. The highest BCUT2D eigenvalue weighted by atomic mass is 32.1. The summed E-state index contributed by atoms with van der Waals surface area (Å²) >= 11 is 1.52. The maximum Gasteiger partial charge on any atom is 0.331 e. The first-order valence-electron chi connectivity index (χ1n) is 5.40. The molecule has 1 aromatic rings. The molecule has 0 fully saturated rings. The standard InChI is InChI=1S/C12H16N2O3S/c1-7(8(2)12(16)17)11(15)14(4)5-10-6-18-9(3)13-10/h6H,5H2,1-4H3,(H,16,17). The second kappa shape index (κ2) is 5.77. The quantitative estimate of drug-likeness (QED) is 0.846. The zero-order valence-electron chi connectivity index (χ0n) is 10.9. The van der Waals surface area contributed by atoms with Gasteiger partial charge in [-0.05, 0) is 20.8 Å². The molecule has 0 radical (unpaired) electrons. The van der Waals surface area contributed by atoms with Gasteiger partial charge < -0.3 is 10.0 Å². The Hall–Kier alpha value is -1.69. The van der Waals surface area contributed by atoms with E-state index in [9.17, 15) is 9.59 Å². The van der Waals surface area contributed by atoms with Crippen molar-refractivity contribution < 1.29 is 14.7 Å². The van der Waals surface area contributed by atoms with Crippen LogP contribution in [0.3, 0.4) is 0 Å². The Kier molecular flexibility index (Phi) is 4.61. The molecule has 98 valence electrons. The van der Waals surface area contributed by atoms with E-state index in [1.165, 1.54) is 30.1 Å². The second-order valence-corrected chi connectivity index (χ2v) is 5.14. The molecule has 0 saturated heterocycles. The van der Waals surface area contributed by atoms with E-state index in [1.54, 1.807) is 7.05 Å². The number of aromatic nitrogens is 1. The fourth-order valence-corrected chi connectivity index (χ4v) is 2.01. The van der Waals surface area contributed by atoms with Crippen LogP contribution in [0.4, 0.5) is 0 Å². The number of nitrogens with zero attached hydrogens (tertiary/aromatic N) is 2. The molecule has 0 aliphatic heterocycles. The van der Waals surface area contributed by atoms with E-state index in [-0.39, 0.29) is 17.1 Å². The van der Waals surface area contributed by atoms with Crippen LogP contribution in [0, 0.1) is 6.92 Å². The molecule has 0 aromatic carbocycles. The van der Waals surface area contributed by atoms with Gasteiger partial charge in [0.1, 0.15) is 0 Å². The lowest BCUT2D eigenvalue weighted by atomic mass is 10.1. The van der Waals surface area contributed by atoms with Crippen LogP contribution in [0.15, 0.2) is 16.5 Å². The van der Waals surface area contributed by atoms with Gasteiger partial charge in [0.15, 0.2) is 0 Å². The summed E-state index contributed by atoms with van der Waals surface area (Å²) in [6.07, 6.45) is 0. The third kappa shape index (κ3) is 3.40. The molecule has 1 N–H and O–H groups in total. The maximum absolute atomic E-state index is 12.0. The van der Waals surface area contributed by atoms with Crippen LogP contribution < -0.4 is 0 Å². The van der Waals surface area contributed by atoms with Crippen molar-refractivity contribution in [1.29, 1.82) is 0 Å². The number of likely N-dealkylation sites (N-methyl/N-ethyl adjacent to an activating group) is 1. The topological polar surface area (TPSA) is 70.5 Å². The van der Waals surface area contributed by atoms with E-state index < -0.39 is 5.97 Å². The summed E-state index contributed by atoms with van der Waals surface area (Å²) in [6, 6.07) is 0. The second-order valence-electron chi connectivity index (χ2n) is 4.07. The summed E-state index contributed by atoms with van der Waals surface area (Å²) in [7, 11) is 1.63. The van der Waals surface area contributed by atoms with Crippen LogP contribution in [0.5, 0.6) is 0 Å². The maximum atomic E-state index is 12.0. The third-order valence-corrected chi connectivity index (χ3v) is 3.44. The molecule has 0 unspecified atom stereocenters. The number of carbonyl (C=O) groups is 2. The summed E-state index contributed by atoms with van der Waals surface area (Å²) < 4.78 is 0. The smallest absolute Gasteiger partial charge is 0.331 e. The highest BCUT2D eigenvalue weighted by molar-refractivity contribution is 7.09. The van der Waals surface area contributed by atoms with E-state index in [1.807, 2.05) is 12.3 Å². The first-order valence-corrected chi connectivity index (χ1v) is 6.28. The lowest BCUT2D eigenvalue weighted by Gasteiger charge is -2.16. The summed E-state index contributed by atoms with van der Waals surface area (Å²) in [5.41, 5.74) is 1.13. The number of hydrogen-bond acceptors (Lipinski definition) is 4. The number of thiazole rings is 1. The highest BCUT2D eigenvalue weighted by Crippen LogP contribution is 2.12. The fraction of sp³-hybridized carbons (Fsp3) is 0.417. The zero-order valence-corrected chi connectivity index (χ0v) is 11.7. The Morgan fingerprint density at radius 1 is 1.39 bits per heavy atom. The number of amides is 1. The monoisotopic (exact) mass is 268 g/mol. The van der Waals surface area contributed by atoms with E-state index in [0.717, 1.165) is 10.7 Å². The van der Waals surface area contributed by atoms with Crippen LogP contribution in [0.25, 0.3) is 0 Å². The van der Waals surface area contributed by atoms with Crippen LogP contribution in [-0.2, 0) is 16.1 Å². The first-order chi connectivity index (χ1) is 8.32. The number of carboxylic acid groups (broad SMARTS) is 1. The summed E-state index contributed by atoms with van der Waals surface area (Å²) in [5, 5.41) is 11.7. The number of aliphatic carboxylic acids is 1. The number of rotatable bonds is 4. The van der Waals surface area contributed by atoms with Crippen molar-refractivity contribution in [2.75, 3.05) is 7.05 Å². The van der Waals surface area contributed by atoms with E-state index in [2.05, 4.69) is 4.98 Å². The zero-order chi connectivity index (χ0) is 13.9. The predicted molar refractivity (Wildman–Crippen MR) is 69.3 cm³/mol. The summed E-state index contributed by atoms with van der Waals surface area (Å²) in [5.74, 6) is -1.36. The molecule has 0 spiro atoms. The molecule has 1 aromatic heterocycles. The Morgan fingerprint density at radius 2 is 2.00 bits per heavy atom. The molecule has 5 nitrogen and oxygen atoms in total. The average Bonchev–Trinajstić information content (AvgIpc) is 2.71. The van der Waals surface area contributed by atoms with Crippen molar-refractivity contribution in [3.63, 3.8) is 0 Å². The van der Waals surface area contributed by atoms with Crippen molar-refractivity contribution in [1.82, 2.24) is 9.88 Å². The van der Waals surface area contributed by atoms with E-state index >= 15 is 0 Å². The predicted octanol–water partition coefficient (Wildman–Crippen LogP) is 1.83. The van der Waals surface area contributed by atoms with Crippen molar-refractivity contribution in [3.05, 3.63) is 27.2 Å². The lowest BCUT2D eigenvalue weighted by molar-refractivity contribution is -0.133. The Labute approximate surface area is 110 Å². The van der Waals surface area contributed by atoms with Gasteiger partial charge in [-0.3, -0.25) is 4.79 Å². The van der Waals surface area contributed by atoms with Crippen molar-refractivity contribution in [2.24, 2.45) is 0 Å². The molecular weight excluding hydrogens is 252 g/mol. The minimum absolute atomic E-state index is 0.0707. The van der Waals surface area contributed by atoms with Crippen molar-refractivity contribution in [2.45, 2.75) is 27.3 Å². The Bertz CT molecular complexity index is 505. The van der Waals surface area contributed by atoms with Gasteiger partial charge in [-0.2, -0.15) is 0 Å². The summed E-state index contributed by atoms with van der Waals surface area (Å²) in [4.78, 5) is 28.5. The Morgan fingerprint density at radius 3 is 2.44 bits per heavy atom. The van der Waals surface area contributed by atoms with Gasteiger partial charge >= 0.3 is 5.97 Å². The summed E-state index contributed by atoms with van der Waals surface area (Å²) in [6.45, 7) is 5.23. The third-order valence-electron chi connectivity index (χ3n) is 2.62. The molecule has 0 saturated carbocycles. The van der Waals surface area contributed by atoms with Gasteiger partial charge in [-0.15, -0.1) is 11.3 Å².